The second-order valence-electron chi connectivity index (χ2n) is 3.85. The predicted molar refractivity (Wildman–Crippen MR) is 96.2 cm³/mol. The van der Waals surface area contributed by atoms with Crippen LogP contribution in [-0.4, -0.2) is 28.1 Å². The number of primary amides is 1. The zero-order valence-electron chi connectivity index (χ0n) is 13.6. The van der Waals surface area contributed by atoms with Gasteiger partial charge in [0, 0.05) is 11.6 Å². The van der Waals surface area contributed by atoms with E-state index in [1.807, 2.05) is 36.4 Å². The lowest BCUT2D eigenvalue weighted by molar-refractivity contribution is -0.133. The van der Waals surface area contributed by atoms with Crippen LogP contribution >= 0.6 is 0 Å². The molecule has 24 heavy (non-hydrogen) atoms. The molecule has 1 aromatic carbocycles. The SMILES string of the molecule is C=C(C)C(=O)O.C=CC(=O)O.C=CC(N)=O.C=Cc1ccccc1. The summed E-state index contributed by atoms with van der Waals surface area (Å²) in [6, 6.07) is 10.0. The third kappa shape index (κ3) is 27.0. The number of hydrogen-bond acceptors (Lipinski definition) is 3. The monoisotopic (exact) mass is 333 g/mol. The number of carboxylic acids is 2. The van der Waals surface area contributed by atoms with Gasteiger partial charge in [-0.2, -0.15) is 0 Å². The van der Waals surface area contributed by atoms with Crippen LogP contribution in [0.25, 0.3) is 6.08 Å². The molecule has 4 N–H and O–H groups in total. The summed E-state index contributed by atoms with van der Waals surface area (Å²) in [6.45, 7) is 14.3. The van der Waals surface area contributed by atoms with Crippen molar-refractivity contribution in [2.75, 3.05) is 0 Å². The van der Waals surface area contributed by atoms with E-state index in [1.165, 1.54) is 12.5 Å². The minimum absolute atomic E-state index is 0.176. The van der Waals surface area contributed by atoms with Gasteiger partial charge in [0.15, 0.2) is 0 Å². The van der Waals surface area contributed by atoms with Gasteiger partial charge in [-0.25, -0.2) is 9.59 Å². The molecule has 0 aliphatic rings. The molecule has 0 fully saturated rings. The maximum absolute atomic E-state index is 9.60. The molecular formula is C18H23NO5. The molecule has 0 aliphatic heterocycles. The summed E-state index contributed by atoms with van der Waals surface area (Å²) in [5, 5.41) is 15.5. The fraction of sp³-hybridized carbons (Fsp3) is 0.0556. The van der Waals surface area contributed by atoms with Gasteiger partial charge in [-0.15, -0.1) is 0 Å². The van der Waals surface area contributed by atoms with Gasteiger partial charge in [0.05, 0.1) is 0 Å². The quantitative estimate of drug-likeness (QED) is 0.732. The number of amides is 1. The van der Waals surface area contributed by atoms with E-state index in [0.29, 0.717) is 0 Å². The molecule has 0 atom stereocenters. The largest absolute Gasteiger partial charge is 0.478 e. The van der Waals surface area contributed by atoms with Crippen molar-refractivity contribution in [2.45, 2.75) is 6.92 Å². The first-order valence-electron chi connectivity index (χ1n) is 6.45. The molecule has 1 rings (SSSR count). The van der Waals surface area contributed by atoms with Crippen molar-refractivity contribution in [3.63, 3.8) is 0 Å². The van der Waals surface area contributed by atoms with E-state index in [9.17, 15) is 14.4 Å². The van der Waals surface area contributed by atoms with Crippen LogP contribution in [0, 0.1) is 0 Å². The first-order valence-corrected chi connectivity index (χ1v) is 6.45. The molecule has 0 unspecified atom stereocenters. The van der Waals surface area contributed by atoms with Crippen LogP contribution in [0.4, 0.5) is 0 Å². The van der Waals surface area contributed by atoms with Crippen LogP contribution in [-0.2, 0) is 14.4 Å². The second-order valence-corrected chi connectivity index (χ2v) is 3.85. The van der Waals surface area contributed by atoms with Gasteiger partial charge < -0.3 is 15.9 Å². The van der Waals surface area contributed by atoms with E-state index < -0.39 is 17.8 Å². The van der Waals surface area contributed by atoms with Crippen molar-refractivity contribution < 1.29 is 24.6 Å². The average molecular weight is 333 g/mol. The number of rotatable bonds is 4. The van der Waals surface area contributed by atoms with Gasteiger partial charge >= 0.3 is 11.9 Å². The van der Waals surface area contributed by atoms with E-state index in [1.54, 1.807) is 0 Å². The van der Waals surface area contributed by atoms with Gasteiger partial charge in [-0.3, -0.25) is 4.79 Å². The molecule has 0 spiro atoms. The van der Waals surface area contributed by atoms with E-state index in [0.717, 1.165) is 12.2 Å². The van der Waals surface area contributed by atoms with E-state index >= 15 is 0 Å². The molecule has 1 amide bonds. The number of carboxylic acid groups (broad SMARTS) is 2. The molecule has 0 saturated carbocycles. The molecule has 0 bridgehead atoms. The topological polar surface area (TPSA) is 118 Å². The van der Waals surface area contributed by atoms with Crippen molar-refractivity contribution >= 4 is 23.9 Å². The van der Waals surface area contributed by atoms with Crippen molar-refractivity contribution in [1.82, 2.24) is 0 Å². The summed E-state index contributed by atoms with van der Waals surface area (Å²) in [5.74, 6) is -2.40. The maximum atomic E-state index is 9.60. The van der Waals surface area contributed by atoms with Gasteiger partial charge in [0.2, 0.25) is 5.91 Å². The Labute approximate surface area is 141 Å². The van der Waals surface area contributed by atoms with Gasteiger partial charge in [-0.05, 0) is 18.6 Å². The maximum Gasteiger partial charge on any atom is 0.330 e. The Morgan fingerprint density at radius 2 is 1.33 bits per heavy atom. The van der Waals surface area contributed by atoms with E-state index in [4.69, 9.17) is 10.2 Å². The van der Waals surface area contributed by atoms with Crippen LogP contribution in [0.5, 0.6) is 0 Å². The Balaban J connectivity index is -0.000000252. The summed E-state index contributed by atoms with van der Waals surface area (Å²) in [7, 11) is 0. The molecule has 0 radical (unpaired) electrons. The first kappa shape index (κ1) is 25.5. The number of aliphatic carboxylic acids is 2. The van der Waals surface area contributed by atoms with Gasteiger partial charge in [-0.1, -0.05) is 62.7 Å². The van der Waals surface area contributed by atoms with Crippen molar-refractivity contribution in [3.8, 4) is 0 Å². The van der Waals surface area contributed by atoms with Crippen LogP contribution in [0.15, 0.2) is 74.4 Å². The molecule has 0 heterocycles. The molecule has 0 saturated heterocycles. The highest BCUT2D eigenvalue weighted by atomic mass is 16.4. The van der Waals surface area contributed by atoms with Crippen molar-refractivity contribution in [1.29, 1.82) is 0 Å². The van der Waals surface area contributed by atoms with E-state index in [-0.39, 0.29) is 5.57 Å². The van der Waals surface area contributed by atoms with Crippen LogP contribution in [0.2, 0.25) is 0 Å². The second kappa shape index (κ2) is 17.6. The highest BCUT2D eigenvalue weighted by molar-refractivity contribution is 5.85. The number of carbonyl (C=O) groups is 3. The third-order valence-electron chi connectivity index (χ3n) is 1.78. The van der Waals surface area contributed by atoms with Gasteiger partial charge in [0.25, 0.3) is 0 Å². The molecule has 0 aliphatic carbocycles. The summed E-state index contributed by atoms with van der Waals surface area (Å²) in [6.07, 6.45) is 3.72. The Morgan fingerprint density at radius 3 is 1.46 bits per heavy atom. The minimum Gasteiger partial charge on any atom is -0.478 e. The lowest BCUT2D eigenvalue weighted by atomic mass is 10.2. The Kier molecular flexibility index (Phi) is 18.8. The Bertz CT molecular complexity index is 532. The third-order valence-corrected chi connectivity index (χ3v) is 1.78. The minimum atomic E-state index is -0.981. The molecule has 130 valence electrons. The van der Waals surface area contributed by atoms with Gasteiger partial charge in [0.1, 0.15) is 0 Å². The smallest absolute Gasteiger partial charge is 0.330 e. The lowest BCUT2D eigenvalue weighted by Gasteiger charge is -1.85. The van der Waals surface area contributed by atoms with Crippen LogP contribution < -0.4 is 5.73 Å². The number of carbonyl (C=O) groups excluding carboxylic acids is 1. The molecule has 1 aromatic rings. The van der Waals surface area contributed by atoms with Crippen LogP contribution in [0.1, 0.15) is 12.5 Å². The highest BCUT2D eigenvalue weighted by Gasteiger charge is 1.90. The average Bonchev–Trinajstić information content (AvgIpc) is 2.57. The summed E-state index contributed by atoms with van der Waals surface area (Å²) in [5.41, 5.74) is 5.88. The molecule has 6 nitrogen and oxygen atoms in total. The summed E-state index contributed by atoms with van der Waals surface area (Å²) >= 11 is 0. The fourth-order valence-electron chi connectivity index (χ4n) is 0.589. The molecular weight excluding hydrogens is 310 g/mol. The number of nitrogens with two attached hydrogens (primary N) is 1. The molecule has 0 aromatic heterocycles. The van der Waals surface area contributed by atoms with E-state index in [2.05, 4.69) is 32.0 Å². The van der Waals surface area contributed by atoms with Crippen molar-refractivity contribution in [2.24, 2.45) is 5.73 Å². The number of hydrogen-bond donors (Lipinski definition) is 3. The predicted octanol–water partition coefficient (Wildman–Crippen LogP) is 2.89. The zero-order valence-corrected chi connectivity index (χ0v) is 13.6. The standard InChI is InChI=1S/C8H8.C4H6O2.C3H5NO.C3H4O2/c1-2-8-6-4-3-5-7-8;1-3(2)4(5)6;2*1-2-3(4)5/h2-7H,1H2;1H2,2H3,(H,5,6);2H,1H2,(H2,4,5);2H,1H2,(H,4,5). The van der Waals surface area contributed by atoms with Crippen LogP contribution in [0.3, 0.4) is 0 Å². The zero-order chi connectivity index (χ0) is 19.5. The Morgan fingerprint density at radius 1 is 1.00 bits per heavy atom. The highest BCUT2D eigenvalue weighted by Crippen LogP contribution is 1.97. The summed E-state index contributed by atoms with van der Waals surface area (Å²) in [4.78, 5) is 28.3. The lowest BCUT2D eigenvalue weighted by Crippen LogP contribution is -2.04. The molecule has 6 heteroatoms. The first-order chi connectivity index (χ1) is 11.1. The summed E-state index contributed by atoms with van der Waals surface area (Å²) < 4.78 is 0. The Hall–Kier alpha value is -3.41. The fourth-order valence-corrected chi connectivity index (χ4v) is 0.589. The number of benzene rings is 1. The normalized spacial score (nSPS) is 7.38. The van der Waals surface area contributed by atoms with Crippen molar-refractivity contribution in [3.05, 3.63) is 79.9 Å².